The van der Waals surface area contributed by atoms with Gasteiger partial charge in [0.05, 0.1) is 11.5 Å². The van der Waals surface area contributed by atoms with E-state index in [2.05, 4.69) is 0 Å². The number of benzene rings is 2. The standard InChI is InChI=1S/C15H13NO4/c17-16(18)13-8-4-7-12(14-10-19-14)15(13)20-9-11-5-2-1-3-6-11/h1-8,14H,9-10H2/t14-/m0/s1. The number of para-hydroxylation sites is 1. The zero-order valence-corrected chi connectivity index (χ0v) is 10.7. The van der Waals surface area contributed by atoms with Gasteiger partial charge in [-0.15, -0.1) is 0 Å². The number of nitrogens with zero attached hydrogens (tertiary/aromatic N) is 1. The van der Waals surface area contributed by atoms with Gasteiger partial charge >= 0.3 is 5.69 Å². The number of hydrogen-bond acceptors (Lipinski definition) is 4. The van der Waals surface area contributed by atoms with Crippen LogP contribution in [0.2, 0.25) is 0 Å². The van der Waals surface area contributed by atoms with Crippen molar-refractivity contribution >= 4 is 5.69 Å². The number of hydrogen-bond donors (Lipinski definition) is 0. The van der Waals surface area contributed by atoms with Crippen LogP contribution in [0.5, 0.6) is 5.75 Å². The summed E-state index contributed by atoms with van der Waals surface area (Å²) in [6, 6.07) is 14.5. The van der Waals surface area contributed by atoms with Crippen molar-refractivity contribution in [2.24, 2.45) is 0 Å². The minimum atomic E-state index is -0.424. The first-order valence-electron chi connectivity index (χ1n) is 6.31. The fourth-order valence-corrected chi connectivity index (χ4v) is 2.05. The summed E-state index contributed by atoms with van der Waals surface area (Å²) in [5.74, 6) is 0.309. The number of nitro groups is 1. The van der Waals surface area contributed by atoms with Gasteiger partial charge in [-0.2, -0.15) is 0 Å². The van der Waals surface area contributed by atoms with Gasteiger partial charge in [0.2, 0.25) is 5.75 Å². The van der Waals surface area contributed by atoms with Gasteiger partial charge in [0.1, 0.15) is 12.7 Å². The van der Waals surface area contributed by atoms with E-state index >= 15 is 0 Å². The second-order valence-electron chi connectivity index (χ2n) is 4.55. The maximum atomic E-state index is 11.1. The average molecular weight is 271 g/mol. The average Bonchev–Trinajstić information content (AvgIpc) is 3.30. The summed E-state index contributed by atoms with van der Waals surface area (Å²) in [5, 5.41) is 11.1. The molecule has 3 rings (SSSR count). The monoisotopic (exact) mass is 271 g/mol. The van der Waals surface area contributed by atoms with E-state index in [-0.39, 0.29) is 11.8 Å². The highest BCUT2D eigenvalue weighted by molar-refractivity contribution is 5.53. The normalized spacial score (nSPS) is 16.7. The van der Waals surface area contributed by atoms with E-state index in [1.54, 1.807) is 6.07 Å². The molecule has 0 amide bonds. The van der Waals surface area contributed by atoms with Crippen LogP contribution in [-0.2, 0) is 11.3 Å². The summed E-state index contributed by atoms with van der Waals surface area (Å²) in [5.41, 5.74) is 1.69. The molecular formula is C15H13NO4. The Morgan fingerprint density at radius 3 is 2.60 bits per heavy atom. The van der Waals surface area contributed by atoms with Crippen LogP contribution in [0.25, 0.3) is 0 Å². The minimum Gasteiger partial charge on any atom is -0.482 e. The number of epoxide rings is 1. The van der Waals surface area contributed by atoms with Crippen molar-refractivity contribution in [2.45, 2.75) is 12.7 Å². The summed E-state index contributed by atoms with van der Waals surface area (Å²) in [7, 11) is 0. The third kappa shape index (κ3) is 2.62. The molecule has 5 nitrogen and oxygen atoms in total. The quantitative estimate of drug-likeness (QED) is 0.475. The lowest BCUT2D eigenvalue weighted by Crippen LogP contribution is -2.02. The Labute approximate surface area is 115 Å². The third-order valence-electron chi connectivity index (χ3n) is 3.13. The molecule has 2 aromatic carbocycles. The molecule has 0 N–H and O–H groups in total. The van der Waals surface area contributed by atoms with Gasteiger partial charge in [-0.25, -0.2) is 0 Å². The van der Waals surface area contributed by atoms with Crippen molar-refractivity contribution in [3.63, 3.8) is 0 Å². The van der Waals surface area contributed by atoms with Crippen LogP contribution in [0.4, 0.5) is 5.69 Å². The zero-order chi connectivity index (χ0) is 13.9. The van der Waals surface area contributed by atoms with Crippen LogP contribution < -0.4 is 4.74 Å². The number of rotatable bonds is 5. The largest absolute Gasteiger partial charge is 0.482 e. The lowest BCUT2D eigenvalue weighted by molar-refractivity contribution is -0.386. The van der Waals surface area contributed by atoms with Gasteiger partial charge < -0.3 is 9.47 Å². The van der Waals surface area contributed by atoms with Gasteiger partial charge in [0.25, 0.3) is 0 Å². The second kappa shape index (κ2) is 5.30. The van der Waals surface area contributed by atoms with Gasteiger partial charge in [0, 0.05) is 11.6 Å². The molecule has 1 fully saturated rings. The van der Waals surface area contributed by atoms with E-state index in [9.17, 15) is 10.1 Å². The maximum Gasteiger partial charge on any atom is 0.311 e. The molecule has 0 unspecified atom stereocenters. The molecule has 20 heavy (non-hydrogen) atoms. The lowest BCUT2D eigenvalue weighted by Gasteiger charge is -2.10. The Kier molecular flexibility index (Phi) is 3.35. The first kappa shape index (κ1) is 12.6. The highest BCUT2D eigenvalue weighted by atomic mass is 16.6. The molecule has 0 radical (unpaired) electrons. The van der Waals surface area contributed by atoms with Crippen molar-refractivity contribution in [3.05, 3.63) is 69.8 Å². The van der Waals surface area contributed by atoms with Crippen molar-refractivity contribution < 1.29 is 14.4 Å². The molecule has 0 saturated carbocycles. The van der Waals surface area contributed by atoms with E-state index in [1.165, 1.54) is 6.07 Å². The zero-order valence-electron chi connectivity index (χ0n) is 10.7. The molecule has 1 aliphatic heterocycles. The van der Waals surface area contributed by atoms with Gasteiger partial charge in [-0.1, -0.05) is 42.5 Å². The summed E-state index contributed by atoms with van der Waals surface area (Å²) in [4.78, 5) is 10.7. The van der Waals surface area contributed by atoms with E-state index in [0.717, 1.165) is 11.1 Å². The summed E-state index contributed by atoms with van der Waals surface area (Å²) < 4.78 is 10.9. The third-order valence-corrected chi connectivity index (χ3v) is 3.13. The lowest BCUT2D eigenvalue weighted by atomic mass is 10.1. The van der Waals surface area contributed by atoms with Crippen LogP contribution >= 0.6 is 0 Å². The molecule has 0 spiro atoms. The first-order chi connectivity index (χ1) is 9.75. The van der Waals surface area contributed by atoms with Gasteiger partial charge in [-0.3, -0.25) is 10.1 Å². The summed E-state index contributed by atoms with van der Waals surface area (Å²) >= 11 is 0. The maximum absolute atomic E-state index is 11.1. The van der Waals surface area contributed by atoms with Crippen molar-refractivity contribution in [1.29, 1.82) is 0 Å². The highest BCUT2D eigenvalue weighted by Gasteiger charge is 2.32. The predicted octanol–water partition coefficient (Wildman–Crippen LogP) is 3.25. The van der Waals surface area contributed by atoms with Crippen molar-refractivity contribution in [3.8, 4) is 5.75 Å². The fourth-order valence-electron chi connectivity index (χ4n) is 2.05. The Hall–Kier alpha value is -2.40. The highest BCUT2D eigenvalue weighted by Crippen LogP contribution is 2.41. The molecule has 0 aliphatic carbocycles. The molecule has 102 valence electrons. The van der Waals surface area contributed by atoms with Crippen LogP contribution in [0.15, 0.2) is 48.5 Å². The SMILES string of the molecule is O=[N+]([O-])c1cccc([C@@H]2CO2)c1OCc1ccccc1. The molecule has 2 aromatic rings. The number of nitro benzene ring substituents is 1. The van der Waals surface area contributed by atoms with Gasteiger partial charge in [0.15, 0.2) is 0 Å². The molecule has 5 heteroatoms. The molecule has 1 saturated heterocycles. The molecule has 1 heterocycles. The number of ether oxygens (including phenoxy) is 2. The topological polar surface area (TPSA) is 64.9 Å². The van der Waals surface area contributed by atoms with Crippen LogP contribution in [0.1, 0.15) is 17.2 Å². The Morgan fingerprint density at radius 2 is 1.95 bits per heavy atom. The molecular weight excluding hydrogens is 258 g/mol. The molecule has 1 aliphatic rings. The Morgan fingerprint density at radius 1 is 1.20 bits per heavy atom. The smallest absolute Gasteiger partial charge is 0.311 e. The summed E-state index contributed by atoms with van der Waals surface area (Å²) in [6.45, 7) is 0.883. The molecule has 0 bridgehead atoms. The Balaban J connectivity index is 1.88. The second-order valence-corrected chi connectivity index (χ2v) is 4.55. The Bertz CT molecular complexity index is 623. The van der Waals surface area contributed by atoms with E-state index in [1.807, 2.05) is 36.4 Å². The van der Waals surface area contributed by atoms with Crippen LogP contribution in [0.3, 0.4) is 0 Å². The van der Waals surface area contributed by atoms with Crippen LogP contribution in [0, 0.1) is 10.1 Å². The van der Waals surface area contributed by atoms with E-state index in [0.29, 0.717) is 19.0 Å². The van der Waals surface area contributed by atoms with Crippen molar-refractivity contribution in [2.75, 3.05) is 6.61 Å². The molecule has 1 atom stereocenters. The minimum absolute atomic E-state index is 0.0195. The fraction of sp³-hybridized carbons (Fsp3) is 0.200. The van der Waals surface area contributed by atoms with E-state index in [4.69, 9.17) is 9.47 Å². The van der Waals surface area contributed by atoms with E-state index < -0.39 is 4.92 Å². The van der Waals surface area contributed by atoms with Crippen molar-refractivity contribution in [1.82, 2.24) is 0 Å². The van der Waals surface area contributed by atoms with Crippen LogP contribution in [-0.4, -0.2) is 11.5 Å². The molecule has 0 aromatic heterocycles. The summed E-state index contributed by atoms with van der Waals surface area (Å²) in [6.07, 6.45) is -0.0827. The van der Waals surface area contributed by atoms with Gasteiger partial charge in [-0.05, 0) is 5.56 Å². The predicted molar refractivity (Wildman–Crippen MR) is 72.6 cm³/mol. The first-order valence-corrected chi connectivity index (χ1v) is 6.31.